The van der Waals surface area contributed by atoms with E-state index in [2.05, 4.69) is 41.5 Å². The van der Waals surface area contributed by atoms with Crippen LogP contribution in [0.3, 0.4) is 0 Å². The van der Waals surface area contributed by atoms with Crippen LogP contribution < -0.4 is 21.3 Å². The van der Waals surface area contributed by atoms with Gasteiger partial charge in [0.2, 0.25) is 23.6 Å². The van der Waals surface area contributed by atoms with E-state index in [4.69, 9.17) is 0 Å². The molecule has 0 bridgehead atoms. The number of aromatic nitrogens is 6. The van der Waals surface area contributed by atoms with Gasteiger partial charge in [-0.15, -0.1) is 0 Å². The Labute approximate surface area is 295 Å². The number of amides is 5. The number of aryl methyl sites for hydroxylation is 2. The molecule has 0 aliphatic carbocycles. The third-order valence-electron chi connectivity index (χ3n) is 8.66. The molecular weight excluding hydrogens is 654 g/mol. The van der Waals surface area contributed by atoms with Crippen molar-refractivity contribution in [2.45, 2.75) is 78.6 Å². The molecule has 5 amide bonds. The van der Waals surface area contributed by atoms with Crippen LogP contribution in [0.4, 0.5) is 0 Å². The van der Waals surface area contributed by atoms with Crippen LogP contribution >= 0.6 is 0 Å². The van der Waals surface area contributed by atoms with Crippen LogP contribution in [0.25, 0.3) is 5.52 Å². The minimum absolute atomic E-state index is 0.0292. The zero-order chi connectivity index (χ0) is 36.7. The van der Waals surface area contributed by atoms with Crippen LogP contribution in [0.2, 0.25) is 0 Å². The van der Waals surface area contributed by atoms with E-state index in [9.17, 15) is 24.0 Å². The molecule has 0 saturated carbocycles. The second-order valence-electron chi connectivity index (χ2n) is 13.0. The predicted molar refractivity (Wildman–Crippen MR) is 186 cm³/mol. The van der Waals surface area contributed by atoms with Crippen LogP contribution in [0.15, 0.2) is 48.7 Å². The number of carbonyl (C=O) groups excluding carboxylic acids is 5. The number of nitrogens with zero attached hydrogens (tertiary/aromatic N) is 7. The van der Waals surface area contributed by atoms with E-state index in [1.165, 1.54) is 9.31 Å². The fourth-order valence-electron chi connectivity index (χ4n) is 6.03. The highest BCUT2D eigenvalue weighted by atomic mass is 16.2. The molecule has 4 aromatic rings. The number of fused-ring (bicyclic) bond motifs is 2. The van der Waals surface area contributed by atoms with Crippen LogP contribution in [-0.2, 0) is 32.1 Å². The molecule has 3 atom stereocenters. The Kier molecular flexibility index (Phi) is 11.7. The zero-order valence-electron chi connectivity index (χ0n) is 29.5. The number of benzene rings is 1. The van der Waals surface area contributed by atoms with E-state index in [0.29, 0.717) is 28.4 Å². The molecular formula is C35H45N11O5. The average molecular weight is 700 g/mol. The van der Waals surface area contributed by atoms with Crippen molar-refractivity contribution in [2.24, 2.45) is 5.92 Å². The Morgan fingerprint density at radius 1 is 0.922 bits per heavy atom. The van der Waals surface area contributed by atoms with Crippen molar-refractivity contribution >= 4 is 35.1 Å². The molecule has 1 aliphatic heterocycles. The molecule has 1 aromatic carbocycles. The summed E-state index contributed by atoms with van der Waals surface area (Å²) >= 11 is 0. The first-order chi connectivity index (χ1) is 24.4. The van der Waals surface area contributed by atoms with Gasteiger partial charge in [-0.05, 0) is 50.8 Å². The molecule has 16 nitrogen and oxygen atoms in total. The largest absolute Gasteiger partial charge is 0.353 e. The summed E-state index contributed by atoms with van der Waals surface area (Å²) in [6.07, 6.45) is 2.09. The first kappa shape index (κ1) is 36.6. The van der Waals surface area contributed by atoms with E-state index in [-0.39, 0.29) is 69.1 Å². The highest BCUT2D eigenvalue weighted by Crippen LogP contribution is 2.21. The molecule has 0 unspecified atom stereocenters. The molecule has 4 N–H and O–H groups in total. The van der Waals surface area contributed by atoms with Crippen LogP contribution in [0.5, 0.6) is 0 Å². The van der Waals surface area contributed by atoms with Gasteiger partial charge in [0.15, 0.2) is 5.82 Å². The fourth-order valence-corrected chi connectivity index (χ4v) is 6.03. The minimum Gasteiger partial charge on any atom is -0.353 e. The Morgan fingerprint density at radius 2 is 1.69 bits per heavy atom. The topological polar surface area (TPSA) is 198 Å². The molecule has 0 saturated heterocycles. The van der Waals surface area contributed by atoms with E-state index in [0.717, 1.165) is 5.56 Å². The third-order valence-corrected chi connectivity index (χ3v) is 8.66. The van der Waals surface area contributed by atoms with Crippen molar-refractivity contribution in [1.82, 2.24) is 55.8 Å². The molecule has 51 heavy (non-hydrogen) atoms. The van der Waals surface area contributed by atoms with E-state index in [1.807, 2.05) is 44.2 Å². The predicted octanol–water partition coefficient (Wildman–Crippen LogP) is 1.04. The van der Waals surface area contributed by atoms with Gasteiger partial charge in [-0.1, -0.05) is 44.2 Å². The lowest BCUT2D eigenvalue weighted by Gasteiger charge is -2.27. The normalized spacial score (nSPS) is 20.3. The number of hydrogen-bond donors (Lipinski definition) is 4. The molecule has 5 rings (SSSR count). The van der Waals surface area contributed by atoms with Gasteiger partial charge in [0.05, 0.1) is 17.3 Å². The van der Waals surface area contributed by atoms with E-state index < -0.39 is 29.9 Å². The smallest absolute Gasteiger partial charge is 0.258 e. The Hall–Kier alpha value is -5.67. The lowest BCUT2D eigenvalue weighted by Crippen LogP contribution is -2.54. The van der Waals surface area contributed by atoms with E-state index >= 15 is 0 Å². The summed E-state index contributed by atoms with van der Waals surface area (Å²) in [6, 6.07) is 10.2. The second-order valence-corrected chi connectivity index (χ2v) is 13.0. The first-order valence-electron chi connectivity index (χ1n) is 17.1. The maximum Gasteiger partial charge on any atom is 0.258 e. The zero-order valence-corrected chi connectivity index (χ0v) is 29.5. The minimum atomic E-state index is -0.981. The molecule has 16 heteroatoms. The number of nitrogens with one attached hydrogen (secondary N) is 4. The van der Waals surface area contributed by atoms with Crippen molar-refractivity contribution in [3.63, 3.8) is 0 Å². The lowest BCUT2D eigenvalue weighted by molar-refractivity contribution is -0.132. The van der Waals surface area contributed by atoms with Crippen molar-refractivity contribution in [1.29, 1.82) is 0 Å². The van der Waals surface area contributed by atoms with Gasteiger partial charge >= 0.3 is 0 Å². The summed E-state index contributed by atoms with van der Waals surface area (Å²) in [4.78, 5) is 73.6. The summed E-state index contributed by atoms with van der Waals surface area (Å²) in [5.74, 6) is -1.39. The SMILES string of the molecule is Cc1nc2n(n1)CC(=O)NCCN(C(=O)c1c(C)nn3ncccc13)CCCC(=O)N[C@@H](C)C(=O)N[C@H](Cc1ccccc1)C(=O)N[C@H]2C(C)C. The first-order valence-corrected chi connectivity index (χ1v) is 17.1. The van der Waals surface area contributed by atoms with E-state index in [1.54, 1.807) is 44.0 Å². The number of hydrogen-bond acceptors (Lipinski definition) is 9. The van der Waals surface area contributed by atoms with Gasteiger partial charge in [0.25, 0.3) is 5.91 Å². The van der Waals surface area contributed by atoms with Crippen LogP contribution in [0.1, 0.15) is 72.9 Å². The molecule has 0 spiro atoms. The lowest BCUT2D eigenvalue weighted by atomic mass is 10.0. The van der Waals surface area contributed by atoms with Crippen molar-refractivity contribution in [2.75, 3.05) is 19.6 Å². The molecule has 0 fully saturated rings. The van der Waals surface area contributed by atoms with Crippen molar-refractivity contribution < 1.29 is 24.0 Å². The summed E-state index contributed by atoms with van der Waals surface area (Å²) in [6.45, 7) is 9.10. The average Bonchev–Trinajstić information content (AvgIpc) is 3.62. The van der Waals surface area contributed by atoms with Gasteiger partial charge in [0, 0.05) is 38.7 Å². The summed E-state index contributed by atoms with van der Waals surface area (Å²) in [5.41, 5.74) is 2.25. The quantitative estimate of drug-likeness (QED) is 0.241. The highest BCUT2D eigenvalue weighted by molar-refractivity contribution is 6.02. The molecule has 4 heterocycles. The summed E-state index contributed by atoms with van der Waals surface area (Å²) in [7, 11) is 0. The Morgan fingerprint density at radius 3 is 2.43 bits per heavy atom. The molecule has 3 aromatic heterocycles. The number of rotatable bonds is 4. The van der Waals surface area contributed by atoms with Gasteiger partial charge < -0.3 is 26.2 Å². The van der Waals surface area contributed by atoms with Gasteiger partial charge in [0.1, 0.15) is 30.0 Å². The maximum atomic E-state index is 13.9. The van der Waals surface area contributed by atoms with Gasteiger partial charge in [-0.2, -0.15) is 19.9 Å². The standard InChI is InChI=1S/C35H45N11O5/c1-21(2)31-32-39-24(5)43-45(32)20-29(48)36-16-18-44(35(51)30-22(3)42-46-27(30)13-9-15-37-46)17-10-14-28(47)38-23(4)33(49)40-26(34(50)41-31)19-25-11-7-6-8-12-25/h6-9,11-13,15,21,23,26,31H,10,14,16-20H2,1-5H3,(H,36,48)(H,38,47)(H,40,49)(H,41,50)/t23-,26+,31-/m0/s1. The molecule has 1 aliphatic rings. The third kappa shape index (κ3) is 9.12. The fraction of sp³-hybridized carbons (Fsp3) is 0.457. The number of carbonyl (C=O) groups is 5. The van der Waals surface area contributed by atoms with Crippen LogP contribution in [-0.4, -0.2) is 95.7 Å². The highest BCUT2D eigenvalue weighted by Gasteiger charge is 2.31. The second kappa shape index (κ2) is 16.4. The van der Waals surface area contributed by atoms with Gasteiger partial charge in [-0.25, -0.2) is 9.67 Å². The molecule has 270 valence electrons. The summed E-state index contributed by atoms with van der Waals surface area (Å²) < 4.78 is 2.86. The summed E-state index contributed by atoms with van der Waals surface area (Å²) in [5, 5.41) is 24.5. The Balaban J connectivity index is 1.43. The van der Waals surface area contributed by atoms with Crippen LogP contribution in [0, 0.1) is 19.8 Å². The maximum absolute atomic E-state index is 13.9. The Bertz CT molecular complexity index is 1890. The van der Waals surface area contributed by atoms with Gasteiger partial charge in [-0.3, -0.25) is 24.0 Å². The van der Waals surface area contributed by atoms with Crippen molar-refractivity contribution in [3.8, 4) is 0 Å². The monoisotopic (exact) mass is 699 g/mol. The van der Waals surface area contributed by atoms with Crippen molar-refractivity contribution in [3.05, 3.63) is 77.1 Å². The molecule has 0 radical (unpaired) electrons.